The largest absolute Gasteiger partial charge is 0.447 e. The van der Waals surface area contributed by atoms with Crippen molar-refractivity contribution in [2.24, 2.45) is 5.92 Å². The van der Waals surface area contributed by atoms with Gasteiger partial charge >= 0.3 is 6.09 Å². The monoisotopic (exact) mass is 332 g/mol. The molecular formula is C18H24N2O4. The highest BCUT2D eigenvalue weighted by molar-refractivity contribution is 5.89. The summed E-state index contributed by atoms with van der Waals surface area (Å²) in [6, 6.07) is 7.67. The molecule has 0 radical (unpaired) electrons. The Morgan fingerprint density at radius 3 is 2.62 bits per heavy atom. The van der Waals surface area contributed by atoms with E-state index in [9.17, 15) is 14.7 Å². The van der Waals surface area contributed by atoms with Gasteiger partial charge in [0.25, 0.3) is 0 Å². The van der Waals surface area contributed by atoms with Crippen LogP contribution in [0.5, 0.6) is 0 Å². The van der Waals surface area contributed by atoms with E-state index in [1.165, 1.54) is 0 Å². The zero-order valence-electron chi connectivity index (χ0n) is 14.0. The fraction of sp³-hybridized carbons (Fsp3) is 0.556. The highest BCUT2D eigenvalue weighted by Crippen LogP contribution is 2.24. The van der Waals surface area contributed by atoms with E-state index >= 15 is 0 Å². The Bertz CT molecular complexity index is 602. The zero-order valence-corrected chi connectivity index (χ0v) is 14.0. The second-order valence-electron chi connectivity index (χ2n) is 6.62. The molecule has 2 heterocycles. The van der Waals surface area contributed by atoms with Gasteiger partial charge < -0.3 is 14.7 Å². The van der Waals surface area contributed by atoms with Crippen molar-refractivity contribution in [1.82, 2.24) is 4.90 Å². The summed E-state index contributed by atoms with van der Waals surface area (Å²) < 4.78 is 4.93. The third-order valence-corrected chi connectivity index (χ3v) is 4.93. The van der Waals surface area contributed by atoms with Crippen molar-refractivity contribution in [2.75, 3.05) is 31.2 Å². The van der Waals surface area contributed by atoms with Gasteiger partial charge in [0, 0.05) is 24.9 Å². The normalized spacial score (nSPS) is 24.2. The summed E-state index contributed by atoms with van der Waals surface area (Å²) in [5.74, 6) is 0.427. The minimum atomic E-state index is -0.320. The molecule has 6 heteroatoms. The highest BCUT2D eigenvalue weighted by atomic mass is 16.6. The fourth-order valence-corrected chi connectivity index (χ4v) is 3.50. The van der Waals surface area contributed by atoms with Gasteiger partial charge in [0.1, 0.15) is 6.61 Å². The maximum absolute atomic E-state index is 12.5. The van der Waals surface area contributed by atoms with Crippen LogP contribution in [-0.4, -0.2) is 54.4 Å². The van der Waals surface area contributed by atoms with Crippen LogP contribution < -0.4 is 4.90 Å². The van der Waals surface area contributed by atoms with Gasteiger partial charge in [0.15, 0.2) is 0 Å². The summed E-state index contributed by atoms with van der Waals surface area (Å²) in [6.45, 7) is 3.94. The molecule has 1 aromatic carbocycles. The maximum atomic E-state index is 12.5. The van der Waals surface area contributed by atoms with E-state index in [1.54, 1.807) is 4.90 Å². The molecule has 0 aliphatic carbocycles. The van der Waals surface area contributed by atoms with Crippen LogP contribution in [0.15, 0.2) is 24.3 Å². The summed E-state index contributed by atoms with van der Waals surface area (Å²) in [5.41, 5.74) is 1.73. The van der Waals surface area contributed by atoms with Crippen molar-refractivity contribution < 1.29 is 19.4 Å². The van der Waals surface area contributed by atoms with Crippen LogP contribution in [0.2, 0.25) is 0 Å². The van der Waals surface area contributed by atoms with Gasteiger partial charge in [-0.3, -0.25) is 9.69 Å². The van der Waals surface area contributed by atoms with Crippen molar-refractivity contribution >= 4 is 17.7 Å². The van der Waals surface area contributed by atoms with Crippen LogP contribution in [0.4, 0.5) is 10.5 Å². The number of carbonyl (C=O) groups is 2. The number of likely N-dealkylation sites (tertiary alicyclic amines) is 1. The van der Waals surface area contributed by atoms with Gasteiger partial charge in [0.2, 0.25) is 5.91 Å². The van der Waals surface area contributed by atoms with E-state index in [2.05, 4.69) is 0 Å². The molecule has 2 atom stereocenters. The lowest BCUT2D eigenvalue weighted by Gasteiger charge is -2.37. The maximum Gasteiger partial charge on any atom is 0.414 e. The molecule has 0 saturated carbocycles. The van der Waals surface area contributed by atoms with Crippen LogP contribution in [0.1, 0.15) is 25.3 Å². The molecule has 6 nitrogen and oxygen atoms in total. The summed E-state index contributed by atoms with van der Waals surface area (Å²) in [7, 11) is 0. The Balaban J connectivity index is 1.59. The second-order valence-corrected chi connectivity index (χ2v) is 6.62. The van der Waals surface area contributed by atoms with Crippen LogP contribution >= 0.6 is 0 Å². The van der Waals surface area contributed by atoms with Crippen molar-refractivity contribution in [3.63, 3.8) is 0 Å². The minimum Gasteiger partial charge on any atom is -0.447 e. The number of hydrogen-bond donors (Lipinski definition) is 1. The predicted molar refractivity (Wildman–Crippen MR) is 89.8 cm³/mol. The lowest BCUT2D eigenvalue weighted by Crippen LogP contribution is -2.45. The number of hydrogen-bond acceptors (Lipinski definition) is 4. The highest BCUT2D eigenvalue weighted by Gasteiger charge is 2.28. The van der Waals surface area contributed by atoms with Crippen LogP contribution in [0.25, 0.3) is 0 Å². The second kappa shape index (κ2) is 7.21. The number of nitrogens with zero attached hydrogens (tertiary/aromatic N) is 2. The van der Waals surface area contributed by atoms with Crippen LogP contribution in [0, 0.1) is 5.92 Å². The summed E-state index contributed by atoms with van der Waals surface area (Å²) in [4.78, 5) is 27.6. The van der Waals surface area contributed by atoms with Gasteiger partial charge in [0.05, 0.1) is 13.0 Å². The van der Waals surface area contributed by atoms with Crippen molar-refractivity contribution in [3.8, 4) is 0 Å². The van der Waals surface area contributed by atoms with Crippen molar-refractivity contribution in [3.05, 3.63) is 29.8 Å². The average Bonchev–Trinajstić information content (AvgIpc) is 3.01. The number of aliphatic hydroxyl groups is 1. The lowest BCUT2D eigenvalue weighted by molar-refractivity contribution is -0.134. The SMILES string of the molecule is C[C@H]1C[C@@H](CO)CCN1C(=O)Cc1ccc(N2CCOC2=O)cc1. The van der Waals surface area contributed by atoms with E-state index in [-0.39, 0.29) is 24.6 Å². The zero-order chi connectivity index (χ0) is 17.1. The van der Waals surface area contributed by atoms with Gasteiger partial charge in [-0.15, -0.1) is 0 Å². The van der Waals surface area contributed by atoms with Crippen molar-refractivity contribution in [1.29, 1.82) is 0 Å². The van der Waals surface area contributed by atoms with E-state index in [1.807, 2.05) is 36.1 Å². The molecule has 3 rings (SSSR count). The molecule has 0 spiro atoms. The van der Waals surface area contributed by atoms with Gasteiger partial charge in [-0.1, -0.05) is 12.1 Å². The Morgan fingerprint density at radius 1 is 1.29 bits per heavy atom. The standard InChI is InChI=1S/C18H24N2O4/c1-13-10-15(12-21)6-7-19(13)17(22)11-14-2-4-16(5-3-14)20-8-9-24-18(20)23/h2-5,13,15,21H,6-12H2,1H3/t13-,15-/m0/s1. The van der Waals surface area contributed by atoms with Crippen molar-refractivity contribution in [2.45, 2.75) is 32.2 Å². The quantitative estimate of drug-likeness (QED) is 0.913. The number of ether oxygens (including phenoxy) is 1. The third kappa shape index (κ3) is 3.53. The Labute approximate surface area is 142 Å². The summed E-state index contributed by atoms with van der Waals surface area (Å²) in [5, 5.41) is 9.26. The molecule has 2 amide bonds. The smallest absolute Gasteiger partial charge is 0.414 e. The van der Waals surface area contributed by atoms with E-state index in [0.717, 1.165) is 24.1 Å². The molecular weight excluding hydrogens is 308 g/mol. The number of aliphatic hydroxyl groups excluding tert-OH is 1. The van der Waals surface area contributed by atoms with Gasteiger partial charge in [-0.25, -0.2) is 4.79 Å². The van der Waals surface area contributed by atoms with Crippen LogP contribution in [0.3, 0.4) is 0 Å². The molecule has 0 aromatic heterocycles. The first-order valence-electron chi connectivity index (χ1n) is 8.52. The average molecular weight is 332 g/mol. The molecule has 2 fully saturated rings. The Morgan fingerprint density at radius 2 is 2.04 bits per heavy atom. The molecule has 1 aromatic rings. The topological polar surface area (TPSA) is 70.1 Å². The number of cyclic esters (lactones) is 1. The molecule has 0 unspecified atom stereocenters. The van der Waals surface area contributed by atoms with E-state index < -0.39 is 0 Å². The number of piperidine rings is 1. The Kier molecular flexibility index (Phi) is 5.04. The molecule has 1 N–H and O–H groups in total. The molecule has 2 aliphatic heterocycles. The first-order chi connectivity index (χ1) is 11.6. The molecule has 2 aliphatic rings. The molecule has 0 bridgehead atoms. The fourth-order valence-electron chi connectivity index (χ4n) is 3.50. The first-order valence-corrected chi connectivity index (χ1v) is 8.52. The van der Waals surface area contributed by atoms with Crippen LogP contribution in [-0.2, 0) is 16.0 Å². The number of carbonyl (C=O) groups excluding carboxylic acids is 2. The summed E-state index contributed by atoms with van der Waals surface area (Å²) >= 11 is 0. The lowest BCUT2D eigenvalue weighted by atomic mass is 9.92. The number of amides is 2. The number of rotatable bonds is 4. The van der Waals surface area contributed by atoms with E-state index in [0.29, 0.717) is 32.0 Å². The summed E-state index contributed by atoms with van der Waals surface area (Å²) in [6.07, 6.45) is 1.76. The molecule has 2 saturated heterocycles. The third-order valence-electron chi connectivity index (χ3n) is 4.93. The first kappa shape index (κ1) is 16.8. The number of benzene rings is 1. The Hall–Kier alpha value is -2.08. The number of anilines is 1. The minimum absolute atomic E-state index is 0.118. The molecule has 130 valence electrons. The van der Waals surface area contributed by atoms with Gasteiger partial charge in [-0.05, 0) is 43.4 Å². The van der Waals surface area contributed by atoms with Gasteiger partial charge in [-0.2, -0.15) is 0 Å². The molecule has 24 heavy (non-hydrogen) atoms. The predicted octanol–water partition coefficient (Wildman–Crippen LogP) is 1.81. The van der Waals surface area contributed by atoms with E-state index in [4.69, 9.17) is 4.74 Å².